The molecule has 0 spiro atoms. The zero-order valence-corrected chi connectivity index (χ0v) is 20.8. The Morgan fingerprint density at radius 3 is 2.56 bits per heavy atom. The molecule has 1 atom stereocenters. The predicted molar refractivity (Wildman–Crippen MR) is 138 cm³/mol. The van der Waals surface area contributed by atoms with Gasteiger partial charge in [0.15, 0.2) is 10.9 Å². The van der Waals surface area contributed by atoms with Gasteiger partial charge in [0.1, 0.15) is 4.83 Å². The van der Waals surface area contributed by atoms with Gasteiger partial charge in [0.05, 0.1) is 30.4 Å². The number of hydrogen-bond donors (Lipinski definition) is 0. The number of nitrogens with zero attached hydrogens (tertiary/aromatic N) is 2. The van der Waals surface area contributed by atoms with Crippen molar-refractivity contribution in [2.75, 3.05) is 5.75 Å². The first-order valence-electron chi connectivity index (χ1n) is 11.4. The van der Waals surface area contributed by atoms with Crippen molar-refractivity contribution in [2.45, 2.75) is 44.7 Å². The summed E-state index contributed by atoms with van der Waals surface area (Å²) in [5.74, 6) is 0.617. The van der Waals surface area contributed by atoms with Gasteiger partial charge in [-0.05, 0) is 17.0 Å². The van der Waals surface area contributed by atoms with E-state index in [0.717, 1.165) is 27.3 Å². The predicted octanol–water partition coefficient (Wildman–Crippen LogP) is 5.58. The summed E-state index contributed by atoms with van der Waals surface area (Å²) in [6.45, 7) is 5.23. The van der Waals surface area contributed by atoms with Crippen molar-refractivity contribution in [2.24, 2.45) is 5.92 Å². The molecule has 4 aromatic rings. The average molecular weight is 491 g/mol. The maximum absolute atomic E-state index is 13.9. The molecule has 1 aliphatic rings. The summed E-state index contributed by atoms with van der Waals surface area (Å²) in [5.41, 5.74) is 2.73. The van der Waals surface area contributed by atoms with Gasteiger partial charge >= 0.3 is 0 Å². The van der Waals surface area contributed by atoms with E-state index < -0.39 is 0 Å². The molecule has 0 amide bonds. The van der Waals surface area contributed by atoms with Gasteiger partial charge in [-0.2, -0.15) is 0 Å². The van der Waals surface area contributed by atoms with Crippen molar-refractivity contribution < 1.29 is 9.53 Å². The molecule has 0 aliphatic carbocycles. The SMILES string of the molecule is CC(C)[C@@H]1Cc2c(sc3nc(SCC(=O)c4ccccc4)n(Cc4ccccc4)c(=O)c23)CO1. The van der Waals surface area contributed by atoms with Gasteiger partial charge in [0, 0.05) is 16.9 Å². The van der Waals surface area contributed by atoms with E-state index in [1.165, 1.54) is 23.1 Å². The number of thioether (sulfide) groups is 1. The molecule has 2 aromatic carbocycles. The lowest BCUT2D eigenvalue weighted by Crippen LogP contribution is -2.29. The molecule has 3 heterocycles. The molecule has 5 nitrogen and oxygen atoms in total. The number of benzene rings is 2. The first-order valence-corrected chi connectivity index (χ1v) is 13.2. The smallest absolute Gasteiger partial charge is 0.263 e. The summed E-state index contributed by atoms with van der Waals surface area (Å²) in [7, 11) is 0. The third-order valence-electron chi connectivity index (χ3n) is 6.15. The Labute approximate surface area is 206 Å². The van der Waals surface area contributed by atoms with Crippen LogP contribution in [0.5, 0.6) is 0 Å². The molecule has 0 N–H and O–H groups in total. The monoisotopic (exact) mass is 490 g/mol. The van der Waals surface area contributed by atoms with Gasteiger partial charge in [-0.1, -0.05) is 86.3 Å². The van der Waals surface area contributed by atoms with Gasteiger partial charge in [0.25, 0.3) is 5.56 Å². The number of fused-ring (bicyclic) bond motifs is 3. The lowest BCUT2D eigenvalue weighted by Gasteiger charge is -2.26. The Hall–Kier alpha value is -2.74. The van der Waals surface area contributed by atoms with Gasteiger partial charge in [0.2, 0.25) is 0 Å². The number of hydrogen-bond acceptors (Lipinski definition) is 6. The first kappa shape index (κ1) is 23.0. The van der Waals surface area contributed by atoms with Gasteiger partial charge in [-0.15, -0.1) is 11.3 Å². The minimum Gasteiger partial charge on any atom is -0.372 e. The maximum atomic E-state index is 13.9. The minimum atomic E-state index is -0.0366. The molecular weight excluding hydrogens is 464 g/mol. The van der Waals surface area contributed by atoms with Crippen LogP contribution in [0.3, 0.4) is 0 Å². The van der Waals surface area contributed by atoms with Crippen molar-refractivity contribution >= 4 is 39.1 Å². The summed E-state index contributed by atoms with van der Waals surface area (Å²) in [6.07, 6.45) is 0.832. The lowest BCUT2D eigenvalue weighted by atomic mass is 9.96. The molecule has 34 heavy (non-hydrogen) atoms. The molecule has 0 radical (unpaired) electrons. The number of thiophene rings is 1. The Bertz CT molecular complexity index is 1380. The zero-order valence-electron chi connectivity index (χ0n) is 19.2. The van der Waals surface area contributed by atoms with E-state index in [0.29, 0.717) is 35.2 Å². The molecular formula is C27H26N2O3S2. The van der Waals surface area contributed by atoms with E-state index in [2.05, 4.69) is 13.8 Å². The van der Waals surface area contributed by atoms with Crippen LogP contribution in [0, 0.1) is 5.92 Å². The summed E-state index contributed by atoms with van der Waals surface area (Å²) < 4.78 is 7.77. The number of rotatable bonds is 7. The molecule has 0 saturated heterocycles. The van der Waals surface area contributed by atoms with E-state index in [4.69, 9.17) is 9.72 Å². The highest BCUT2D eigenvalue weighted by Crippen LogP contribution is 2.36. The van der Waals surface area contributed by atoms with Crippen LogP contribution < -0.4 is 5.56 Å². The number of carbonyl (C=O) groups excluding carboxylic acids is 1. The quantitative estimate of drug-likeness (QED) is 0.192. The van der Waals surface area contributed by atoms with E-state index in [9.17, 15) is 9.59 Å². The third-order valence-corrected chi connectivity index (χ3v) is 8.22. The van der Waals surface area contributed by atoms with Gasteiger partial charge in [-0.25, -0.2) is 4.98 Å². The molecule has 7 heteroatoms. The molecule has 5 rings (SSSR count). The fourth-order valence-electron chi connectivity index (χ4n) is 4.22. The van der Waals surface area contributed by atoms with Crippen molar-refractivity contribution in [3.05, 3.63) is 92.6 Å². The molecule has 1 aliphatic heterocycles. The molecule has 0 unspecified atom stereocenters. The number of ether oxygens (including phenoxy) is 1. The summed E-state index contributed by atoms with van der Waals surface area (Å²) in [5, 5.41) is 1.29. The largest absolute Gasteiger partial charge is 0.372 e. The number of carbonyl (C=O) groups is 1. The van der Waals surface area contributed by atoms with E-state index in [1.54, 1.807) is 4.57 Å². The Morgan fingerprint density at radius 1 is 1.15 bits per heavy atom. The van der Waals surface area contributed by atoms with Gasteiger partial charge < -0.3 is 4.74 Å². The summed E-state index contributed by atoms with van der Waals surface area (Å²) >= 11 is 2.87. The average Bonchev–Trinajstić information content (AvgIpc) is 3.23. The van der Waals surface area contributed by atoms with Crippen LogP contribution in [0.25, 0.3) is 10.2 Å². The normalized spacial score (nSPS) is 15.6. The zero-order chi connectivity index (χ0) is 23.7. The highest BCUT2D eigenvalue weighted by Gasteiger charge is 2.28. The van der Waals surface area contributed by atoms with Crippen LogP contribution in [0.4, 0.5) is 0 Å². The van der Waals surface area contributed by atoms with Crippen LogP contribution in [0.15, 0.2) is 70.6 Å². The third kappa shape index (κ3) is 4.60. The lowest BCUT2D eigenvalue weighted by molar-refractivity contribution is 0.00200. The first-order chi connectivity index (χ1) is 16.5. The fraction of sp³-hybridized carbons (Fsp3) is 0.296. The van der Waals surface area contributed by atoms with Crippen molar-refractivity contribution in [3.63, 3.8) is 0 Å². The second-order valence-electron chi connectivity index (χ2n) is 8.83. The highest BCUT2D eigenvalue weighted by atomic mass is 32.2. The standard InChI is InChI=1S/C27H26N2O3S2/c1-17(2)22-13-20-23(15-32-22)34-25-24(20)26(31)29(14-18-9-5-3-6-10-18)27(28-25)33-16-21(30)19-11-7-4-8-12-19/h3-12,17,22H,13-16H2,1-2H3/t22-/m0/s1. The summed E-state index contributed by atoms with van der Waals surface area (Å²) in [4.78, 5) is 33.3. The topological polar surface area (TPSA) is 61.2 Å². The van der Waals surface area contributed by atoms with E-state index in [-0.39, 0.29) is 23.2 Å². The van der Waals surface area contributed by atoms with Crippen LogP contribution in [0.1, 0.15) is 40.2 Å². The minimum absolute atomic E-state index is 0.0184. The molecule has 174 valence electrons. The Kier molecular flexibility index (Phi) is 6.68. The van der Waals surface area contributed by atoms with Crippen molar-refractivity contribution in [1.82, 2.24) is 9.55 Å². The van der Waals surface area contributed by atoms with Crippen LogP contribution >= 0.6 is 23.1 Å². The molecule has 0 bridgehead atoms. The van der Waals surface area contributed by atoms with Crippen molar-refractivity contribution in [3.8, 4) is 0 Å². The number of Topliss-reactive ketones (excluding diaryl/α,β-unsaturated/α-hetero) is 1. The van der Waals surface area contributed by atoms with Crippen molar-refractivity contribution in [1.29, 1.82) is 0 Å². The second kappa shape index (κ2) is 9.86. The molecule has 2 aromatic heterocycles. The Balaban J connectivity index is 1.56. The highest BCUT2D eigenvalue weighted by molar-refractivity contribution is 7.99. The van der Waals surface area contributed by atoms with E-state index >= 15 is 0 Å². The van der Waals surface area contributed by atoms with E-state index in [1.807, 2.05) is 60.7 Å². The molecule has 0 saturated carbocycles. The van der Waals surface area contributed by atoms with Crippen LogP contribution in [0.2, 0.25) is 0 Å². The number of ketones is 1. The second-order valence-corrected chi connectivity index (χ2v) is 10.9. The van der Waals surface area contributed by atoms with Gasteiger partial charge in [-0.3, -0.25) is 14.2 Å². The maximum Gasteiger partial charge on any atom is 0.263 e. The summed E-state index contributed by atoms with van der Waals surface area (Å²) in [6, 6.07) is 19.1. The van der Waals surface area contributed by atoms with Crippen LogP contribution in [-0.4, -0.2) is 27.2 Å². The molecule has 0 fully saturated rings. The number of aromatic nitrogens is 2. The van der Waals surface area contributed by atoms with Crippen LogP contribution in [-0.2, 0) is 24.3 Å². The Morgan fingerprint density at radius 2 is 1.85 bits per heavy atom. The fourth-order valence-corrected chi connectivity index (χ4v) is 6.28.